The van der Waals surface area contributed by atoms with E-state index in [2.05, 4.69) is 20.8 Å². The van der Waals surface area contributed by atoms with Gasteiger partial charge in [-0.3, -0.25) is 4.79 Å². The van der Waals surface area contributed by atoms with E-state index < -0.39 is 5.97 Å². The van der Waals surface area contributed by atoms with E-state index in [-0.39, 0.29) is 11.1 Å². The van der Waals surface area contributed by atoms with Crippen LogP contribution in [-0.2, 0) is 10.0 Å². The molecule has 1 rings (SSSR count). The number of carboxylic acids is 1. The van der Waals surface area contributed by atoms with Gasteiger partial charge in [0.1, 0.15) is 0 Å². The number of carboxylic acid groups (broad SMARTS) is 1. The zero-order valence-corrected chi connectivity index (χ0v) is 18.9. The average Bonchev–Trinajstić information content (AvgIpc) is 2.65. The second-order valence-electron chi connectivity index (χ2n) is 9.67. The third kappa shape index (κ3) is 9.26. The van der Waals surface area contributed by atoms with E-state index in [0.29, 0.717) is 6.42 Å². The largest absolute Gasteiger partial charge is 0.481 e. The molecule has 0 aromatic carbocycles. The molecule has 0 saturated carbocycles. The van der Waals surface area contributed by atoms with Crippen LogP contribution in [0.25, 0.3) is 0 Å². The second-order valence-corrected chi connectivity index (χ2v) is 9.67. The van der Waals surface area contributed by atoms with Gasteiger partial charge in [-0.05, 0) is 52.4 Å². The summed E-state index contributed by atoms with van der Waals surface area (Å²) in [4.78, 5) is 10.4. The third-order valence-electron chi connectivity index (χ3n) is 6.85. The minimum Gasteiger partial charge on any atom is -0.481 e. The Kier molecular flexibility index (Phi) is 12.3. The fraction of sp³-hybridized carbons (Fsp3) is 0.958. The molecule has 1 saturated heterocycles. The number of hydrogen-bond acceptors (Lipinski definition) is 2. The maximum atomic E-state index is 12.9. The standard InChI is InChI=1S/C24H46NO3/c1-4-24(21-17-19-23(2,3)25(24)28)20-16-14-12-10-8-6-5-7-9-11-13-15-18-22(26)27/h4-21H2,1-3H3,(H,26,27). The van der Waals surface area contributed by atoms with Crippen molar-refractivity contribution in [1.82, 2.24) is 5.06 Å². The lowest BCUT2D eigenvalue weighted by atomic mass is 9.75. The molecular weight excluding hydrogens is 350 g/mol. The molecule has 1 radical (unpaired) electrons. The SMILES string of the molecule is CCC1(CCCCCCCCCCCCCCC(=O)O)CCCC(C)(C)N1[O]. The summed E-state index contributed by atoms with van der Waals surface area (Å²) in [7, 11) is 0. The molecule has 4 nitrogen and oxygen atoms in total. The fourth-order valence-corrected chi connectivity index (χ4v) is 4.92. The first kappa shape index (κ1) is 25.4. The van der Waals surface area contributed by atoms with Gasteiger partial charge in [0.25, 0.3) is 0 Å². The van der Waals surface area contributed by atoms with Gasteiger partial charge >= 0.3 is 5.97 Å². The van der Waals surface area contributed by atoms with Crippen LogP contribution in [0.15, 0.2) is 0 Å². The molecule has 28 heavy (non-hydrogen) atoms. The molecule has 1 aliphatic rings. The lowest BCUT2D eigenvalue weighted by molar-refractivity contribution is -0.298. The Balaban J connectivity index is 1.98. The van der Waals surface area contributed by atoms with Crippen LogP contribution in [0.3, 0.4) is 0 Å². The number of aliphatic carboxylic acids is 1. The lowest BCUT2D eigenvalue weighted by Gasteiger charge is -2.50. The van der Waals surface area contributed by atoms with Crippen molar-refractivity contribution in [2.24, 2.45) is 0 Å². The Morgan fingerprint density at radius 3 is 1.75 bits per heavy atom. The monoisotopic (exact) mass is 396 g/mol. The first-order chi connectivity index (χ1) is 13.3. The highest BCUT2D eigenvalue weighted by Crippen LogP contribution is 2.42. The van der Waals surface area contributed by atoms with Crippen molar-refractivity contribution in [2.75, 3.05) is 0 Å². The van der Waals surface area contributed by atoms with E-state index in [1.165, 1.54) is 75.7 Å². The van der Waals surface area contributed by atoms with Gasteiger partial charge in [0.2, 0.25) is 0 Å². The number of piperidine rings is 1. The first-order valence-corrected chi connectivity index (χ1v) is 12.0. The summed E-state index contributed by atoms with van der Waals surface area (Å²) in [5.41, 5.74) is -0.295. The van der Waals surface area contributed by atoms with E-state index in [0.717, 1.165) is 38.5 Å². The van der Waals surface area contributed by atoms with Crippen LogP contribution in [0.4, 0.5) is 0 Å². The van der Waals surface area contributed by atoms with E-state index >= 15 is 0 Å². The van der Waals surface area contributed by atoms with Crippen LogP contribution in [0, 0.1) is 0 Å². The predicted octanol–water partition coefficient (Wildman–Crippen LogP) is 7.29. The molecule has 1 N–H and O–H groups in total. The smallest absolute Gasteiger partial charge is 0.303 e. The lowest BCUT2D eigenvalue weighted by Crippen LogP contribution is -2.58. The Bertz CT molecular complexity index is 424. The minimum absolute atomic E-state index is 0.105. The molecule has 1 aliphatic heterocycles. The molecule has 0 aliphatic carbocycles. The normalized spacial score (nSPS) is 22.4. The van der Waals surface area contributed by atoms with E-state index in [1.807, 2.05) is 0 Å². The number of nitrogens with zero attached hydrogens (tertiary/aromatic N) is 1. The van der Waals surface area contributed by atoms with Gasteiger partial charge < -0.3 is 5.11 Å². The highest BCUT2D eigenvalue weighted by molar-refractivity contribution is 5.66. The topological polar surface area (TPSA) is 60.4 Å². The molecule has 0 bridgehead atoms. The van der Waals surface area contributed by atoms with Crippen LogP contribution >= 0.6 is 0 Å². The summed E-state index contributed by atoms with van der Waals surface area (Å²) in [6, 6.07) is 0. The summed E-state index contributed by atoms with van der Waals surface area (Å²) >= 11 is 0. The number of rotatable bonds is 16. The van der Waals surface area contributed by atoms with Crippen LogP contribution in [0.5, 0.6) is 0 Å². The molecular formula is C24H46NO3. The van der Waals surface area contributed by atoms with Crippen molar-refractivity contribution < 1.29 is 15.1 Å². The summed E-state index contributed by atoms with van der Waals surface area (Å²) in [6.07, 6.45) is 20.3. The number of unbranched alkanes of at least 4 members (excludes halogenated alkanes) is 11. The molecule has 165 valence electrons. The van der Waals surface area contributed by atoms with Gasteiger partial charge in [-0.2, -0.15) is 0 Å². The van der Waals surface area contributed by atoms with E-state index in [4.69, 9.17) is 5.11 Å². The van der Waals surface area contributed by atoms with Gasteiger partial charge in [-0.25, -0.2) is 0 Å². The van der Waals surface area contributed by atoms with Gasteiger partial charge in [0.05, 0.1) is 0 Å². The zero-order chi connectivity index (χ0) is 20.9. The van der Waals surface area contributed by atoms with Gasteiger partial charge in [0.15, 0.2) is 0 Å². The molecule has 0 spiro atoms. The van der Waals surface area contributed by atoms with Crippen LogP contribution in [0.2, 0.25) is 0 Å². The first-order valence-electron chi connectivity index (χ1n) is 12.0. The Hall–Kier alpha value is -0.610. The maximum Gasteiger partial charge on any atom is 0.303 e. The van der Waals surface area contributed by atoms with E-state index in [9.17, 15) is 10.0 Å². The van der Waals surface area contributed by atoms with Gasteiger partial charge in [-0.1, -0.05) is 77.6 Å². The number of hydrogen-bond donors (Lipinski definition) is 1. The quantitative estimate of drug-likeness (QED) is 0.279. The average molecular weight is 397 g/mol. The molecule has 0 aromatic heterocycles. The highest BCUT2D eigenvalue weighted by Gasteiger charge is 2.46. The maximum absolute atomic E-state index is 12.9. The summed E-state index contributed by atoms with van der Waals surface area (Å²) in [6.45, 7) is 6.41. The fourth-order valence-electron chi connectivity index (χ4n) is 4.92. The molecule has 0 amide bonds. The van der Waals surface area contributed by atoms with Crippen LogP contribution < -0.4 is 0 Å². The number of hydroxylamine groups is 2. The highest BCUT2D eigenvalue weighted by atomic mass is 16.5. The number of carbonyl (C=O) groups is 1. The van der Waals surface area contributed by atoms with Crippen LogP contribution in [0.1, 0.15) is 136 Å². The molecule has 0 aromatic rings. The minimum atomic E-state index is -0.669. The third-order valence-corrected chi connectivity index (χ3v) is 6.85. The molecule has 1 unspecified atom stereocenters. The summed E-state index contributed by atoms with van der Waals surface area (Å²) in [5, 5.41) is 22.9. The van der Waals surface area contributed by atoms with Gasteiger partial charge in [-0.15, -0.1) is 10.3 Å². The van der Waals surface area contributed by atoms with Crippen molar-refractivity contribution in [3.05, 3.63) is 0 Å². The van der Waals surface area contributed by atoms with Crippen molar-refractivity contribution in [1.29, 1.82) is 0 Å². The Morgan fingerprint density at radius 2 is 1.29 bits per heavy atom. The Morgan fingerprint density at radius 1 is 0.821 bits per heavy atom. The van der Waals surface area contributed by atoms with Crippen molar-refractivity contribution in [3.8, 4) is 0 Å². The summed E-state index contributed by atoms with van der Waals surface area (Å²) < 4.78 is 0. The zero-order valence-electron chi connectivity index (χ0n) is 18.9. The van der Waals surface area contributed by atoms with Crippen molar-refractivity contribution in [2.45, 2.75) is 147 Å². The predicted molar refractivity (Wildman–Crippen MR) is 116 cm³/mol. The van der Waals surface area contributed by atoms with Gasteiger partial charge in [0, 0.05) is 17.5 Å². The second kappa shape index (κ2) is 13.6. The Labute approximate surface area is 174 Å². The van der Waals surface area contributed by atoms with E-state index in [1.54, 1.807) is 0 Å². The molecule has 1 fully saturated rings. The summed E-state index contributed by atoms with van der Waals surface area (Å²) in [5.74, 6) is -0.669. The van der Waals surface area contributed by atoms with Crippen LogP contribution in [-0.4, -0.2) is 27.2 Å². The molecule has 1 atom stereocenters. The van der Waals surface area contributed by atoms with Crippen molar-refractivity contribution >= 4 is 5.97 Å². The molecule has 4 heteroatoms. The molecule has 1 heterocycles. The van der Waals surface area contributed by atoms with Crippen molar-refractivity contribution in [3.63, 3.8) is 0 Å².